The number of nitrogens with two attached hydrogens (primary N) is 1. The van der Waals surface area contributed by atoms with Gasteiger partial charge in [0.05, 0.1) is 5.92 Å². The van der Waals surface area contributed by atoms with E-state index in [2.05, 4.69) is 20.9 Å². The van der Waals surface area contributed by atoms with E-state index in [1.807, 2.05) is 0 Å². The minimum absolute atomic E-state index is 0.0217. The fourth-order valence-corrected chi connectivity index (χ4v) is 2.24. The average Bonchev–Trinajstić information content (AvgIpc) is 2.71. The van der Waals surface area contributed by atoms with Gasteiger partial charge in [-0.1, -0.05) is 0 Å². The number of rotatable bonds is 3. The van der Waals surface area contributed by atoms with E-state index >= 15 is 0 Å². The van der Waals surface area contributed by atoms with Crippen molar-refractivity contribution in [3.8, 4) is 0 Å². The molecule has 1 unspecified atom stereocenters. The van der Waals surface area contributed by atoms with Crippen molar-refractivity contribution in [3.05, 3.63) is 22.3 Å². The molecule has 8 heteroatoms. The van der Waals surface area contributed by atoms with Gasteiger partial charge in [0.2, 0.25) is 11.8 Å². The largest absolute Gasteiger partial charge is 0.478 e. The highest BCUT2D eigenvalue weighted by Gasteiger charge is 2.36. The molecule has 19 heavy (non-hydrogen) atoms. The molecule has 7 nitrogen and oxygen atoms in total. The Kier molecular flexibility index (Phi) is 3.52. The summed E-state index contributed by atoms with van der Waals surface area (Å²) in [5.41, 5.74) is 5.06. The second kappa shape index (κ2) is 4.96. The molecule has 0 spiro atoms. The summed E-state index contributed by atoms with van der Waals surface area (Å²) in [7, 11) is 0. The van der Waals surface area contributed by atoms with E-state index in [0.29, 0.717) is 4.47 Å². The van der Waals surface area contributed by atoms with Crippen molar-refractivity contribution in [2.45, 2.75) is 6.42 Å². The topological polar surface area (TPSA) is 114 Å². The number of hydrogen-bond acceptors (Lipinski definition) is 4. The van der Waals surface area contributed by atoms with Gasteiger partial charge in [0.15, 0.2) is 0 Å². The Balaban J connectivity index is 2.40. The van der Waals surface area contributed by atoms with Crippen LogP contribution in [0.25, 0.3) is 0 Å². The lowest BCUT2D eigenvalue weighted by molar-refractivity contribution is -0.123. The number of carbonyl (C=O) groups is 3. The monoisotopic (exact) mass is 327 g/mol. The molecule has 0 aromatic carbocycles. The van der Waals surface area contributed by atoms with Crippen LogP contribution in [-0.4, -0.2) is 34.4 Å². The Morgan fingerprint density at radius 1 is 1.53 bits per heavy atom. The first-order valence-electron chi connectivity index (χ1n) is 5.38. The van der Waals surface area contributed by atoms with Crippen LogP contribution >= 0.6 is 15.9 Å². The van der Waals surface area contributed by atoms with Crippen LogP contribution in [0.1, 0.15) is 16.8 Å². The number of amides is 2. The molecule has 1 aromatic heterocycles. The SMILES string of the molecule is NC(=O)C1CC(=O)N(c2ncc(Br)cc2C(=O)O)C1. The molecule has 0 bridgehead atoms. The van der Waals surface area contributed by atoms with Crippen molar-refractivity contribution < 1.29 is 19.5 Å². The molecule has 1 aliphatic rings. The molecule has 2 amide bonds. The van der Waals surface area contributed by atoms with Crippen LogP contribution in [0, 0.1) is 5.92 Å². The number of primary amides is 1. The van der Waals surface area contributed by atoms with Crippen LogP contribution in [0.4, 0.5) is 5.82 Å². The zero-order valence-electron chi connectivity index (χ0n) is 9.67. The molecule has 0 radical (unpaired) electrons. The number of hydrogen-bond donors (Lipinski definition) is 2. The summed E-state index contributed by atoms with van der Waals surface area (Å²) in [6, 6.07) is 1.36. The third-order valence-corrected chi connectivity index (χ3v) is 3.28. The van der Waals surface area contributed by atoms with Gasteiger partial charge in [-0.3, -0.25) is 14.5 Å². The number of pyridine rings is 1. The van der Waals surface area contributed by atoms with Crippen LogP contribution in [0.15, 0.2) is 16.7 Å². The number of nitrogens with zero attached hydrogens (tertiary/aromatic N) is 2. The quantitative estimate of drug-likeness (QED) is 0.833. The van der Waals surface area contributed by atoms with Gasteiger partial charge in [0, 0.05) is 23.6 Å². The second-order valence-corrected chi connectivity index (χ2v) is 5.05. The average molecular weight is 328 g/mol. The molecule has 100 valence electrons. The van der Waals surface area contributed by atoms with E-state index < -0.39 is 17.8 Å². The lowest BCUT2D eigenvalue weighted by Gasteiger charge is -2.17. The molecular formula is C11H10BrN3O4. The smallest absolute Gasteiger partial charge is 0.339 e. The van der Waals surface area contributed by atoms with E-state index in [-0.39, 0.29) is 30.3 Å². The van der Waals surface area contributed by atoms with E-state index in [1.54, 1.807) is 0 Å². The van der Waals surface area contributed by atoms with Crippen molar-refractivity contribution in [1.29, 1.82) is 0 Å². The molecule has 0 saturated carbocycles. The maximum absolute atomic E-state index is 11.8. The second-order valence-electron chi connectivity index (χ2n) is 4.14. The lowest BCUT2D eigenvalue weighted by Crippen LogP contribution is -2.30. The zero-order valence-corrected chi connectivity index (χ0v) is 11.3. The van der Waals surface area contributed by atoms with Gasteiger partial charge in [-0.2, -0.15) is 0 Å². The Labute approximate surface area is 116 Å². The molecule has 1 aromatic rings. The van der Waals surface area contributed by atoms with Gasteiger partial charge < -0.3 is 10.8 Å². The number of carboxylic acids is 1. The fourth-order valence-electron chi connectivity index (χ4n) is 1.91. The maximum atomic E-state index is 11.8. The van der Waals surface area contributed by atoms with Crippen molar-refractivity contribution in [3.63, 3.8) is 0 Å². The van der Waals surface area contributed by atoms with Gasteiger partial charge in [-0.25, -0.2) is 9.78 Å². The van der Waals surface area contributed by atoms with Crippen molar-refractivity contribution in [1.82, 2.24) is 4.98 Å². The first kappa shape index (κ1) is 13.5. The molecular weight excluding hydrogens is 318 g/mol. The standard InChI is InChI=1S/C11H10BrN3O4/c12-6-2-7(11(18)19)10(14-3-6)15-4-5(9(13)17)1-8(15)16/h2-3,5H,1,4H2,(H2,13,17)(H,18,19). The number of halogens is 1. The number of aromatic nitrogens is 1. The number of carboxylic acid groups (broad SMARTS) is 1. The number of anilines is 1. The predicted octanol–water partition coefficient (Wildman–Crippen LogP) is 0.380. The molecule has 2 heterocycles. The van der Waals surface area contributed by atoms with E-state index in [0.717, 1.165) is 0 Å². The first-order chi connectivity index (χ1) is 8.90. The highest BCUT2D eigenvalue weighted by atomic mass is 79.9. The Morgan fingerprint density at radius 2 is 2.21 bits per heavy atom. The summed E-state index contributed by atoms with van der Waals surface area (Å²) < 4.78 is 0.492. The lowest BCUT2D eigenvalue weighted by atomic mass is 10.1. The fraction of sp³-hybridized carbons (Fsp3) is 0.273. The van der Waals surface area contributed by atoms with E-state index in [9.17, 15) is 14.4 Å². The third-order valence-electron chi connectivity index (χ3n) is 2.85. The van der Waals surface area contributed by atoms with Crippen LogP contribution < -0.4 is 10.6 Å². The summed E-state index contributed by atoms with van der Waals surface area (Å²) in [6.07, 6.45) is 1.37. The van der Waals surface area contributed by atoms with Gasteiger partial charge in [0.25, 0.3) is 0 Å². The minimum Gasteiger partial charge on any atom is -0.478 e. The summed E-state index contributed by atoms with van der Waals surface area (Å²) in [5, 5.41) is 9.12. The minimum atomic E-state index is -1.20. The van der Waals surface area contributed by atoms with Crippen LogP contribution in [0.3, 0.4) is 0 Å². The molecule has 2 rings (SSSR count). The first-order valence-corrected chi connectivity index (χ1v) is 6.18. The van der Waals surface area contributed by atoms with E-state index in [1.165, 1.54) is 17.2 Å². The highest BCUT2D eigenvalue weighted by molar-refractivity contribution is 9.10. The summed E-state index contributed by atoms with van der Waals surface area (Å²) in [4.78, 5) is 39.2. The maximum Gasteiger partial charge on any atom is 0.339 e. The van der Waals surface area contributed by atoms with Gasteiger partial charge in [-0.05, 0) is 22.0 Å². The van der Waals surface area contributed by atoms with Crippen LogP contribution in [0.5, 0.6) is 0 Å². The molecule has 1 fully saturated rings. The third kappa shape index (κ3) is 2.58. The summed E-state index contributed by atoms with van der Waals surface area (Å²) >= 11 is 3.12. The highest BCUT2D eigenvalue weighted by Crippen LogP contribution is 2.27. The Bertz CT molecular complexity index is 575. The number of carbonyl (C=O) groups excluding carboxylic acids is 2. The molecule has 0 aliphatic carbocycles. The van der Waals surface area contributed by atoms with Crippen molar-refractivity contribution >= 4 is 39.5 Å². The Morgan fingerprint density at radius 3 is 2.74 bits per heavy atom. The van der Waals surface area contributed by atoms with Crippen LogP contribution in [0.2, 0.25) is 0 Å². The predicted molar refractivity (Wildman–Crippen MR) is 68.6 cm³/mol. The zero-order chi connectivity index (χ0) is 14.2. The molecule has 1 saturated heterocycles. The van der Waals surface area contributed by atoms with E-state index in [4.69, 9.17) is 10.8 Å². The molecule has 1 aliphatic heterocycles. The summed E-state index contributed by atoms with van der Waals surface area (Å²) in [5.74, 6) is -2.71. The Hall–Kier alpha value is -1.96. The van der Waals surface area contributed by atoms with Crippen molar-refractivity contribution in [2.75, 3.05) is 11.4 Å². The van der Waals surface area contributed by atoms with Gasteiger partial charge in [-0.15, -0.1) is 0 Å². The van der Waals surface area contributed by atoms with Gasteiger partial charge in [0.1, 0.15) is 11.4 Å². The van der Waals surface area contributed by atoms with Crippen LogP contribution in [-0.2, 0) is 9.59 Å². The summed E-state index contributed by atoms with van der Waals surface area (Å²) in [6.45, 7) is 0.0586. The van der Waals surface area contributed by atoms with Gasteiger partial charge >= 0.3 is 5.97 Å². The normalized spacial score (nSPS) is 18.7. The number of aromatic carboxylic acids is 1. The molecule has 1 atom stereocenters. The van der Waals surface area contributed by atoms with Crippen molar-refractivity contribution in [2.24, 2.45) is 11.7 Å². The molecule has 3 N–H and O–H groups in total.